The summed E-state index contributed by atoms with van der Waals surface area (Å²) in [5.41, 5.74) is -1.36. The number of aliphatic carboxylic acids is 1. The van der Waals surface area contributed by atoms with E-state index < -0.39 is 53.1 Å². The number of carboxylic acids is 1. The van der Waals surface area contributed by atoms with Crippen LogP contribution in [0.2, 0.25) is 0 Å². The van der Waals surface area contributed by atoms with Crippen LogP contribution >= 0.6 is 0 Å². The number of piperidine rings is 1. The van der Waals surface area contributed by atoms with Gasteiger partial charge in [0.25, 0.3) is 17.7 Å². The van der Waals surface area contributed by atoms with Gasteiger partial charge in [0.15, 0.2) is 0 Å². The van der Waals surface area contributed by atoms with Gasteiger partial charge in [-0.15, -0.1) is 0 Å². The first-order chi connectivity index (χ1) is 16.4. The molecule has 188 valence electrons. The van der Waals surface area contributed by atoms with Gasteiger partial charge in [0, 0.05) is 13.0 Å². The maximum absolute atomic E-state index is 13.2. The molecule has 11 nitrogen and oxygen atoms in total. The van der Waals surface area contributed by atoms with Gasteiger partial charge in [-0.1, -0.05) is 19.1 Å². The van der Waals surface area contributed by atoms with Crippen molar-refractivity contribution in [2.75, 3.05) is 20.6 Å². The molecule has 3 atom stereocenters. The van der Waals surface area contributed by atoms with E-state index in [4.69, 9.17) is 0 Å². The summed E-state index contributed by atoms with van der Waals surface area (Å²) in [6.45, 7) is 2.82. The number of hydrogen-bond acceptors (Lipinski definition) is 7. The lowest BCUT2D eigenvalue weighted by Crippen LogP contribution is -2.60. The van der Waals surface area contributed by atoms with Crippen LogP contribution in [0.1, 0.15) is 60.2 Å². The molecule has 0 bridgehead atoms. The molecule has 2 heterocycles. The molecule has 2 N–H and O–H groups in total. The van der Waals surface area contributed by atoms with Gasteiger partial charge in [0.05, 0.1) is 17.2 Å². The predicted octanol–water partition coefficient (Wildman–Crippen LogP) is 0.490. The van der Waals surface area contributed by atoms with Gasteiger partial charge in [0.2, 0.25) is 11.8 Å². The van der Waals surface area contributed by atoms with E-state index in [1.165, 1.54) is 19.1 Å². The van der Waals surface area contributed by atoms with Gasteiger partial charge < -0.3 is 10.4 Å². The Morgan fingerprint density at radius 3 is 2.20 bits per heavy atom. The quantitative estimate of drug-likeness (QED) is 0.480. The molecule has 0 aliphatic carbocycles. The van der Waals surface area contributed by atoms with Crippen molar-refractivity contribution in [3.05, 3.63) is 35.4 Å². The number of carbonyl (C=O) groups is 6. The van der Waals surface area contributed by atoms with E-state index in [1.807, 2.05) is 0 Å². The fraction of sp³-hybridized carbons (Fsp3) is 0.500. The minimum atomic E-state index is -1.75. The predicted molar refractivity (Wildman–Crippen MR) is 123 cm³/mol. The molecule has 3 rings (SSSR count). The molecule has 1 saturated heterocycles. The SMILES string of the molecule is CCC(C(=O)N[C@@](C)(CCN1C(=O)CCC(N2C(=O)c3ccccc3C2=O)C1=O)C(=O)O)N(C)C. The Kier molecular flexibility index (Phi) is 7.39. The van der Waals surface area contributed by atoms with E-state index in [-0.39, 0.29) is 36.9 Å². The summed E-state index contributed by atoms with van der Waals surface area (Å²) < 4.78 is 0. The van der Waals surface area contributed by atoms with Crippen LogP contribution in [0, 0.1) is 0 Å². The third kappa shape index (κ3) is 4.81. The Hall–Kier alpha value is -3.60. The molecule has 5 amide bonds. The second kappa shape index (κ2) is 9.95. The summed E-state index contributed by atoms with van der Waals surface area (Å²) in [7, 11) is 3.41. The van der Waals surface area contributed by atoms with Gasteiger partial charge in [-0.3, -0.25) is 38.7 Å². The molecule has 2 aliphatic heterocycles. The molecule has 1 fully saturated rings. The first kappa shape index (κ1) is 26.0. The highest BCUT2D eigenvalue weighted by Gasteiger charge is 2.47. The van der Waals surface area contributed by atoms with Gasteiger partial charge in [-0.2, -0.15) is 0 Å². The van der Waals surface area contributed by atoms with Gasteiger partial charge in [-0.25, -0.2) is 4.79 Å². The number of carboxylic acid groups (broad SMARTS) is 1. The second-order valence-electron chi connectivity index (χ2n) is 9.23. The van der Waals surface area contributed by atoms with Crippen molar-refractivity contribution >= 4 is 35.5 Å². The Labute approximate surface area is 203 Å². The summed E-state index contributed by atoms with van der Waals surface area (Å²) in [5, 5.41) is 12.4. The molecule has 0 radical (unpaired) electrons. The number of carbonyl (C=O) groups excluding carboxylic acids is 5. The number of likely N-dealkylation sites (tertiary alicyclic amines) is 1. The van der Waals surface area contributed by atoms with Crippen molar-refractivity contribution in [1.29, 1.82) is 0 Å². The first-order valence-electron chi connectivity index (χ1n) is 11.5. The Morgan fingerprint density at radius 2 is 1.71 bits per heavy atom. The number of nitrogens with one attached hydrogen (secondary N) is 1. The zero-order valence-electron chi connectivity index (χ0n) is 20.2. The highest BCUT2D eigenvalue weighted by molar-refractivity contribution is 6.23. The van der Waals surface area contributed by atoms with Gasteiger partial charge in [0.1, 0.15) is 11.6 Å². The maximum atomic E-state index is 13.2. The summed E-state index contributed by atoms with van der Waals surface area (Å²) >= 11 is 0. The molecule has 11 heteroatoms. The van der Waals surface area contributed by atoms with Gasteiger partial charge >= 0.3 is 5.97 Å². The lowest BCUT2D eigenvalue weighted by Gasteiger charge is -2.36. The smallest absolute Gasteiger partial charge is 0.329 e. The number of fused-ring (bicyclic) bond motifs is 1. The van der Waals surface area contributed by atoms with Crippen molar-refractivity contribution in [2.45, 2.75) is 57.2 Å². The average molecular weight is 487 g/mol. The van der Waals surface area contributed by atoms with E-state index in [1.54, 1.807) is 38.1 Å². The number of amides is 5. The van der Waals surface area contributed by atoms with Crippen LogP contribution in [0.15, 0.2) is 24.3 Å². The zero-order chi connectivity index (χ0) is 26.1. The number of benzene rings is 1. The number of imide groups is 2. The standard InChI is InChI=1S/C24H30N4O7/c1-5-16(26(3)4)19(30)25-24(2,23(34)35)12-13-27-18(29)11-10-17(22(27)33)28-20(31)14-8-6-7-9-15(14)21(28)32/h6-9,16-17H,5,10-13H2,1-4H3,(H,25,30)(H,34,35)/t16?,17?,24-/m0/s1. The Balaban J connectivity index is 1.77. The van der Waals surface area contributed by atoms with Crippen LogP contribution in [0.5, 0.6) is 0 Å². The third-order valence-electron chi connectivity index (χ3n) is 6.64. The highest BCUT2D eigenvalue weighted by Crippen LogP contribution is 2.29. The van der Waals surface area contributed by atoms with E-state index in [0.717, 1.165) is 9.80 Å². The first-order valence-corrected chi connectivity index (χ1v) is 11.5. The highest BCUT2D eigenvalue weighted by atomic mass is 16.4. The normalized spacial score (nSPS) is 20.7. The monoisotopic (exact) mass is 486 g/mol. The zero-order valence-corrected chi connectivity index (χ0v) is 20.2. The molecule has 2 aliphatic rings. The van der Waals surface area contributed by atoms with Crippen LogP contribution in [0.25, 0.3) is 0 Å². The third-order valence-corrected chi connectivity index (χ3v) is 6.64. The molecule has 1 aromatic carbocycles. The minimum absolute atomic E-state index is 0.00636. The molecule has 0 aromatic heterocycles. The lowest BCUT2D eigenvalue weighted by atomic mass is 9.95. The molecule has 0 spiro atoms. The Bertz CT molecular complexity index is 1050. The van der Waals surface area contributed by atoms with Crippen molar-refractivity contribution in [1.82, 2.24) is 20.0 Å². The van der Waals surface area contributed by atoms with E-state index in [2.05, 4.69) is 5.32 Å². The van der Waals surface area contributed by atoms with Crippen molar-refractivity contribution in [2.24, 2.45) is 0 Å². The molecule has 1 aromatic rings. The topological polar surface area (TPSA) is 144 Å². The number of rotatable bonds is 9. The van der Waals surface area contributed by atoms with Crippen LogP contribution in [0.4, 0.5) is 0 Å². The number of hydrogen-bond donors (Lipinski definition) is 2. The summed E-state index contributed by atoms with van der Waals surface area (Å²) in [6, 6.07) is 4.53. The van der Waals surface area contributed by atoms with Crippen LogP contribution in [-0.4, -0.2) is 93.6 Å². The minimum Gasteiger partial charge on any atom is -0.480 e. The van der Waals surface area contributed by atoms with E-state index >= 15 is 0 Å². The number of nitrogens with zero attached hydrogens (tertiary/aromatic N) is 3. The molecule has 2 unspecified atom stereocenters. The summed E-state index contributed by atoms with van der Waals surface area (Å²) in [4.78, 5) is 79.6. The second-order valence-corrected chi connectivity index (χ2v) is 9.23. The average Bonchev–Trinajstić information content (AvgIpc) is 3.04. The largest absolute Gasteiger partial charge is 0.480 e. The van der Waals surface area contributed by atoms with E-state index in [0.29, 0.717) is 6.42 Å². The number of likely N-dealkylation sites (N-methyl/N-ethyl adjacent to an activating group) is 1. The van der Waals surface area contributed by atoms with Gasteiger partial charge in [-0.05, 0) is 52.4 Å². The summed E-state index contributed by atoms with van der Waals surface area (Å²) in [5.74, 6) is -4.27. The molecular formula is C24H30N4O7. The van der Waals surface area contributed by atoms with Crippen LogP contribution in [0.3, 0.4) is 0 Å². The van der Waals surface area contributed by atoms with Crippen LogP contribution in [-0.2, 0) is 19.2 Å². The maximum Gasteiger partial charge on any atom is 0.329 e. The molecule has 35 heavy (non-hydrogen) atoms. The van der Waals surface area contributed by atoms with Crippen molar-refractivity contribution < 1.29 is 33.9 Å². The van der Waals surface area contributed by atoms with Crippen molar-refractivity contribution in [3.63, 3.8) is 0 Å². The summed E-state index contributed by atoms with van der Waals surface area (Å²) in [6.07, 6.45) is 0.121. The van der Waals surface area contributed by atoms with Crippen molar-refractivity contribution in [3.8, 4) is 0 Å². The van der Waals surface area contributed by atoms with Crippen LogP contribution < -0.4 is 5.32 Å². The molecule has 0 saturated carbocycles. The Morgan fingerprint density at radius 1 is 1.14 bits per heavy atom. The fourth-order valence-electron chi connectivity index (χ4n) is 4.49. The lowest BCUT2D eigenvalue weighted by molar-refractivity contribution is -0.154. The molecular weight excluding hydrogens is 456 g/mol. The fourth-order valence-corrected chi connectivity index (χ4v) is 4.49. The van der Waals surface area contributed by atoms with E-state index in [9.17, 15) is 33.9 Å².